The summed E-state index contributed by atoms with van der Waals surface area (Å²) in [5.74, 6) is 0. The van der Waals surface area contributed by atoms with Crippen molar-refractivity contribution < 1.29 is 0 Å². The van der Waals surface area contributed by atoms with Crippen LogP contribution < -0.4 is 4.90 Å². The van der Waals surface area contributed by atoms with Crippen molar-refractivity contribution in [2.75, 3.05) is 19.0 Å². The lowest BCUT2D eigenvalue weighted by Crippen LogP contribution is -2.38. The number of rotatable bonds is 3. The third kappa shape index (κ3) is 2.62. The highest BCUT2D eigenvalue weighted by Gasteiger charge is 2.37. The van der Waals surface area contributed by atoms with Crippen molar-refractivity contribution in [3.63, 3.8) is 0 Å². The van der Waals surface area contributed by atoms with Gasteiger partial charge in [0.25, 0.3) is 0 Å². The van der Waals surface area contributed by atoms with Crippen LogP contribution in [0.25, 0.3) is 0 Å². The molecule has 0 amide bonds. The molecular formula is C16H22N4. The standard InChI is InChI=1S/C16H22N4/c1-12-10-16(2,3)20(18-12)15(11-17)13-6-8-14(9-7-13)19(4)5/h6-9,15H,10H2,1-5H3/t15-/m1/s1. The number of hydrogen-bond donors (Lipinski definition) is 0. The average molecular weight is 270 g/mol. The predicted molar refractivity (Wildman–Crippen MR) is 82.8 cm³/mol. The van der Waals surface area contributed by atoms with Crippen molar-refractivity contribution >= 4 is 11.4 Å². The van der Waals surface area contributed by atoms with E-state index in [1.165, 1.54) is 0 Å². The van der Waals surface area contributed by atoms with Gasteiger partial charge >= 0.3 is 0 Å². The Kier molecular flexibility index (Phi) is 3.71. The molecular weight excluding hydrogens is 248 g/mol. The lowest BCUT2D eigenvalue weighted by molar-refractivity contribution is 0.123. The predicted octanol–water partition coefficient (Wildman–Crippen LogP) is 3.18. The molecule has 0 aliphatic carbocycles. The molecule has 2 rings (SSSR count). The summed E-state index contributed by atoms with van der Waals surface area (Å²) < 4.78 is 0. The minimum atomic E-state index is -0.335. The molecule has 0 spiro atoms. The van der Waals surface area contributed by atoms with Gasteiger partial charge in [-0.25, -0.2) is 0 Å². The minimum Gasteiger partial charge on any atom is -0.378 e. The highest BCUT2D eigenvalue weighted by atomic mass is 15.5. The van der Waals surface area contributed by atoms with Crippen molar-refractivity contribution in [1.82, 2.24) is 5.01 Å². The van der Waals surface area contributed by atoms with E-state index in [2.05, 4.69) is 25.0 Å². The van der Waals surface area contributed by atoms with Crippen LogP contribution in [-0.4, -0.2) is 30.4 Å². The largest absolute Gasteiger partial charge is 0.378 e. The highest BCUT2D eigenvalue weighted by Crippen LogP contribution is 2.35. The first-order valence-corrected chi connectivity index (χ1v) is 6.85. The molecule has 1 aromatic rings. The first-order valence-electron chi connectivity index (χ1n) is 6.85. The van der Waals surface area contributed by atoms with Crippen LogP contribution in [0.3, 0.4) is 0 Å². The minimum absolute atomic E-state index is 0.106. The van der Waals surface area contributed by atoms with E-state index in [0.717, 1.165) is 23.4 Å². The lowest BCUT2D eigenvalue weighted by Gasteiger charge is -2.34. The Labute approximate surface area is 121 Å². The van der Waals surface area contributed by atoms with Crippen LogP contribution in [0.15, 0.2) is 29.4 Å². The molecule has 0 fully saturated rings. The van der Waals surface area contributed by atoms with Crippen molar-refractivity contribution in [1.29, 1.82) is 5.26 Å². The molecule has 0 aromatic heterocycles. The highest BCUT2D eigenvalue weighted by molar-refractivity contribution is 5.84. The first-order chi connectivity index (χ1) is 9.35. The maximum Gasteiger partial charge on any atom is 0.159 e. The topological polar surface area (TPSA) is 42.6 Å². The SMILES string of the molecule is CC1=NN([C@H](C#N)c2ccc(N(C)C)cc2)C(C)(C)C1. The van der Waals surface area contributed by atoms with Crippen LogP contribution in [0.5, 0.6) is 0 Å². The molecule has 1 aliphatic rings. The quantitative estimate of drug-likeness (QED) is 0.847. The zero-order valence-corrected chi connectivity index (χ0v) is 12.9. The molecule has 0 saturated carbocycles. The van der Waals surface area contributed by atoms with Crippen LogP contribution in [0.2, 0.25) is 0 Å². The molecule has 4 heteroatoms. The molecule has 0 radical (unpaired) electrons. The van der Waals surface area contributed by atoms with Gasteiger partial charge in [0.2, 0.25) is 0 Å². The third-order valence-electron chi connectivity index (χ3n) is 3.68. The number of nitriles is 1. The summed E-state index contributed by atoms with van der Waals surface area (Å²) in [6, 6.07) is 10.2. The normalized spacial score (nSPS) is 18.4. The van der Waals surface area contributed by atoms with Gasteiger partial charge < -0.3 is 4.90 Å². The molecule has 106 valence electrons. The second-order valence-corrected chi connectivity index (χ2v) is 6.19. The summed E-state index contributed by atoms with van der Waals surface area (Å²) >= 11 is 0. The van der Waals surface area contributed by atoms with E-state index in [4.69, 9.17) is 0 Å². The van der Waals surface area contributed by atoms with Gasteiger partial charge in [0.1, 0.15) is 0 Å². The number of hydrogen-bond acceptors (Lipinski definition) is 4. The van der Waals surface area contributed by atoms with Gasteiger partial charge in [-0.3, -0.25) is 5.01 Å². The lowest BCUT2D eigenvalue weighted by atomic mass is 9.96. The number of nitrogens with zero attached hydrogens (tertiary/aromatic N) is 4. The zero-order valence-electron chi connectivity index (χ0n) is 12.9. The average Bonchev–Trinajstić information content (AvgIpc) is 2.64. The van der Waals surface area contributed by atoms with E-state index in [-0.39, 0.29) is 11.6 Å². The number of anilines is 1. The summed E-state index contributed by atoms with van der Waals surface area (Å²) in [6.45, 7) is 6.28. The van der Waals surface area contributed by atoms with Gasteiger partial charge in [-0.15, -0.1) is 0 Å². The Morgan fingerprint density at radius 3 is 2.30 bits per heavy atom. The molecule has 0 saturated heterocycles. The summed E-state index contributed by atoms with van der Waals surface area (Å²) in [5, 5.41) is 16.1. The summed E-state index contributed by atoms with van der Waals surface area (Å²) in [6.07, 6.45) is 0.904. The Hall–Kier alpha value is -2.02. The van der Waals surface area contributed by atoms with Gasteiger partial charge in [-0.05, 0) is 38.5 Å². The maximum atomic E-state index is 9.57. The molecule has 0 N–H and O–H groups in total. The zero-order chi connectivity index (χ0) is 14.9. The van der Waals surface area contributed by atoms with Crippen LogP contribution in [0, 0.1) is 11.3 Å². The molecule has 4 nitrogen and oxygen atoms in total. The van der Waals surface area contributed by atoms with E-state index < -0.39 is 0 Å². The van der Waals surface area contributed by atoms with Crippen molar-refractivity contribution in [2.24, 2.45) is 5.10 Å². The maximum absolute atomic E-state index is 9.57. The van der Waals surface area contributed by atoms with Crippen molar-refractivity contribution in [2.45, 2.75) is 38.8 Å². The summed E-state index contributed by atoms with van der Waals surface area (Å²) in [5.41, 5.74) is 3.10. The van der Waals surface area contributed by atoms with Crippen molar-refractivity contribution in [3.8, 4) is 6.07 Å². The van der Waals surface area contributed by atoms with Crippen molar-refractivity contribution in [3.05, 3.63) is 29.8 Å². The van der Waals surface area contributed by atoms with E-state index in [1.54, 1.807) is 0 Å². The molecule has 20 heavy (non-hydrogen) atoms. The molecule has 1 aliphatic heterocycles. The smallest absolute Gasteiger partial charge is 0.159 e. The Morgan fingerprint density at radius 1 is 1.30 bits per heavy atom. The molecule has 1 heterocycles. The van der Waals surface area contributed by atoms with Crippen LogP contribution in [-0.2, 0) is 0 Å². The Balaban J connectivity index is 2.32. The van der Waals surface area contributed by atoms with Crippen LogP contribution >= 0.6 is 0 Å². The number of hydrazone groups is 1. The monoisotopic (exact) mass is 270 g/mol. The van der Waals surface area contributed by atoms with E-state index >= 15 is 0 Å². The fourth-order valence-electron chi connectivity index (χ4n) is 2.69. The van der Waals surface area contributed by atoms with Crippen LogP contribution in [0.1, 0.15) is 38.8 Å². The third-order valence-corrected chi connectivity index (χ3v) is 3.68. The van der Waals surface area contributed by atoms with E-state index in [9.17, 15) is 5.26 Å². The molecule has 1 atom stereocenters. The molecule has 0 bridgehead atoms. The summed E-state index contributed by atoms with van der Waals surface area (Å²) in [4.78, 5) is 2.05. The second kappa shape index (κ2) is 5.16. The van der Waals surface area contributed by atoms with E-state index in [0.29, 0.717) is 0 Å². The molecule has 0 unspecified atom stereocenters. The van der Waals surface area contributed by atoms with Gasteiger partial charge in [-0.2, -0.15) is 10.4 Å². The Morgan fingerprint density at radius 2 is 1.90 bits per heavy atom. The van der Waals surface area contributed by atoms with Gasteiger partial charge in [0, 0.05) is 31.9 Å². The summed E-state index contributed by atoms with van der Waals surface area (Å²) in [7, 11) is 4.02. The first kappa shape index (κ1) is 14.4. The molecule has 1 aromatic carbocycles. The second-order valence-electron chi connectivity index (χ2n) is 6.19. The van der Waals surface area contributed by atoms with Gasteiger partial charge in [0.05, 0.1) is 11.6 Å². The fourth-order valence-corrected chi connectivity index (χ4v) is 2.69. The van der Waals surface area contributed by atoms with E-state index in [1.807, 2.05) is 55.2 Å². The van der Waals surface area contributed by atoms with Crippen LogP contribution in [0.4, 0.5) is 5.69 Å². The number of benzene rings is 1. The van der Waals surface area contributed by atoms with Gasteiger partial charge in [0.15, 0.2) is 6.04 Å². The van der Waals surface area contributed by atoms with Gasteiger partial charge in [-0.1, -0.05) is 12.1 Å². The Bertz CT molecular complexity index is 549. The fraction of sp³-hybridized carbons (Fsp3) is 0.500.